The average molecular weight is 185 g/mol. The number of ether oxygens (including phenoxy) is 1. The van der Waals surface area contributed by atoms with E-state index in [1.54, 1.807) is 4.90 Å². The minimum absolute atomic E-state index is 0.105. The third kappa shape index (κ3) is 2.90. The van der Waals surface area contributed by atoms with E-state index in [0.29, 0.717) is 0 Å². The van der Waals surface area contributed by atoms with Gasteiger partial charge in [0.25, 0.3) is 0 Å². The molecule has 13 heavy (non-hydrogen) atoms. The summed E-state index contributed by atoms with van der Waals surface area (Å²) in [5.74, 6) is 0. The van der Waals surface area contributed by atoms with Gasteiger partial charge in [-0.25, -0.2) is 4.79 Å². The van der Waals surface area contributed by atoms with Crippen molar-refractivity contribution < 1.29 is 9.53 Å². The Balaban J connectivity index is 2.30. The second-order valence-corrected chi connectivity index (χ2v) is 3.52. The molecule has 0 aliphatic carbocycles. The minimum atomic E-state index is -0.119. The van der Waals surface area contributed by atoms with Gasteiger partial charge in [-0.15, -0.1) is 0 Å². The van der Waals surface area contributed by atoms with Crippen molar-refractivity contribution in [1.29, 1.82) is 0 Å². The van der Waals surface area contributed by atoms with E-state index in [4.69, 9.17) is 4.74 Å². The van der Waals surface area contributed by atoms with E-state index in [1.807, 2.05) is 13.8 Å². The zero-order valence-electron chi connectivity index (χ0n) is 8.58. The molecule has 76 valence electrons. The Morgan fingerprint density at radius 3 is 2.31 bits per heavy atom. The van der Waals surface area contributed by atoms with Crippen molar-refractivity contribution in [2.24, 2.45) is 0 Å². The summed E-state index contributed by atoms with van der Waals surface area (Å²) in [6.07, 6.45) is 4.06. The molecule has 1 saturated heterocycles. The molecule has 1 amide bonds. The van der Waals surface area contributed by atoms with Crippen LogP contribution >= 0.6 is 0 Å². The summed E-state index contributed by atoms with van der Waals surface area (Å²) in [6.45, 7) is 5.84. The third-order valence-corrected chi connectivity index (χ3v) is 2.54. The van der Waals surface area contributed by atoms with Crippen LogP contribution in [0.4, 0.5) is 4.79 Å². The van der Waals surface area contributed by atoms with E-state index >= 15 is 0 Å². The number of nitrogens with zero attached hydrogens (tertiary/aromatic N) is 1. The van der Waals surface area contributed by atoms with E-state index in [0.717, 1.165) is 38.8 Å². The Bertz CT molecular complexity index is 160. The maximum absolute atomic E-state index is 11.5. The van der Waals surface area contributed by atoms with E-state index < -0.39 is 0 Å². The van der Waals surface area contributed by atoms with Gasteiger partial charge in [-0.3, -0.25) is 0 Å². The molecule has 0 aromatic heterocycles. The summed E-state index contributed by atoms with van der Waals surface area (Å²) in [7, 11) is 0. The van der Waals surface area contributed by atoms with Crippen LogP contribution < -0.4 is 0 Å². The minimum Gasteiger partial charge on any atom is -0.446 e. The highest BCUT2D eigenvalue weighted by molar-refractivity contribution is 5.68. The number of hydrogen-bond donors (Lipinski definition) is 0. The van der Waals surface area contributed by atoms with E-state index in [2.05, 4.69) is 0 Å². The largest absolute Gasteiger partial charge is 0.446 e. The molecule has 1 fully saturated rings. The van der Waals surface area contributed by atoms with Crippen LogP contribution in [0, 0.1) is 0 Å². The molecule has 0 aromatic rings. The first-order valence-corrected chi connectivity index (χ1v) is 5.23. The van der Waals surface area contributed by atoms with Crippen molar-refractivity contribution in [2.45, 2.75) is 45.6 Å². The lowest BCUT2D eigenvalue weighted by Gasteiger charge is -2.19. The highest BCUT2D eigenvalue weighted by Crippen LogP contribution is 2.12. The molecule has 0 saturated carbocycles. The van der Waals surface area contributed by atoms with Crippen LogP contribution in [-0.2, 0) is 4.74 Å². The van der Waals surface area contributed by atoms with Gasteiger partial charge >= 0.3 is 6.09 Å². The number of amides is 1. The molecule has 0 N–H and O–H groups in total. The Labute approximate surface area is 80.1 Å². The molecular formula is C10H19NO2. The predicted octanol–water partition coefficient (Wildman–Crippen LogP) is 2.41. The van der Waals surface area contributed by atoms with Crippen molar-refractivity contribution in [3.63, 3.8) is 0 Å². The lowest BCUT2D eigenvalue weighted by Crippen LogP contribution is -2.31. The molecule has 0 spiro atoms. The number of carbonyl (C=O) groups excluding carboxylic acids is 1. The van der Waals surface area contributed by atoms with Crippen molar-refractivity contribution in [3.05, 3.63) is 0 Å². The lowest BCUT2D eigenvalue weighted by atomic mass is 10.2. The molecule has 0 radical (unpaired) electrons. The highest BCUT2D eigenvalue weighted by atomic mass is 16.6. The van der Waals surface area contributed by atoms with Crippen LogP contribution in [0.15, 0.2) is 0 Å². The van der Waals surface area contributed by atoms with Gasteiger partial charge in [0.15, 0.2) is 0 Å². The van der Waals surface area contributed by atoms with Crippen LogP contribution in [0.3, 0.4) is 0 Å². The van der Waals surface area contributed by atoms with Gasteiger partial charge in [0.1, 0.15) is 6.10 Å². The predicted molar refractivity (Wildman–Crippen MR) is 51.7 cm³/mol. The summed E-state index contributed by atoms with van der Waals surface area (Å²) < 4.78 is 5.32. The van der Waals surface area contributed by atoms with Gasteiger partial charge in [0, 0.05) is 13.1 Å². The van der Waals surface area contributed by atoms with E-state index in [-0.39, 0.29) is 12.2 Å². The van der Waals surface area contributed by atoms with Crippen molar-refractivity contribution >= 4 is 6.09 Å². The Morgan fingerprint density at radius 1 is 1.31 bits per heavy atom. The fourth-order valence-electron chi connectivity index (χ4n) is 1.57. The molecule has 3 heteroatoms. The van der Waals surface area contributed by atoms with Crippen LogP contribution in [0.5, 0.6) is 0 Å². The normalized spacial score (nSPS) is 16.7. The smallest absolute Gasteiger partial charge is 0.410 e. The van der Waals surface area contributed by atoms with Gasteiger partial charge in [0.2, 0.25) is 0 Å². The zero-order valence-corrected chi connectivity index (χ0v) is 8.58. The Hall–Kier alpha value is -0.730. The van der Waals surface area contributed by atoms with Gasteiger partial charge < -0.3 is 9.64 Å². The second-order valence-electron chi connectivity index (χ2n) is 3.52. The monoisotopic (exact) mass is 185 g/mol. The van der Waals surface area contributed by atoms with Gasteiger partial charge in [-0.1, -0.05) is 13.8 Å². The molecule has 1 aliphatic rings. The van der Waals surface area contributed by atoms with Crippen LogP contribution in [-0.4, -0.2) is 30.2 Å². The van der Waals surface area contributed by atoms with Crippen LogP contribution in [0.2, 0.25) is 0 Å². The summed E-state index contributed by atoms with van der Waals surface area (Å²) in [4.78, 5) is 13.3. The van der Waals surface area contributed by atoms with Crippen LogP contribution in [0.25, 0.3) is 0 Å². The first-order chi connectivity index (χ1) is 6.27. The molecule has 0 atom stereocenters. The summed E-state index contributed by atoms with van der Waals surface area (Å²) in [5.41, 5.74) is 0. The number of rotatable bonds is 3. The average Bonchev–Trinajstić information content (AvgIpc) is 2.66. The van der Waals surface area contributed by atoms with Gasteiger partial charge in [-0.2, -0.15) is 0 Å². The summed E-state index contributed by atoms with van der Waals surface area (Å²) in [6, 6.07) is 0. The van der Waals surface area contributed by atoms with Crippen molar-refractivity contribution in [3.8, 4) is 0 Å². The van der Waals surface area contributed by atoms with E-state index in [1.165, 1.54) is 0 Å². The molecule has 0 unspecified atom stereocenters. The number of carbonyl (C=O) groups is 1. The van der Waals surface area contributed by atoms with E-state index in [9.17, 15) is 4.79 Å². The fraction of sp³-hybridized carbons (Fsp3) is 0.900. The van der Waals surface area contributed by atoms with Gasteiger partial charge in [-0.05, 0) is 25.7 Å². The zero-order chi connectivity index (χ0) is 9.68. The highest BCUT2D eigenvalue weighted by Gasteiger charge is 2.21. The molecule has 0 bridgehead atoms. The van der Waals surface area contributed by atoms with Gasteiger partial charge in [0.05, 0.1) is 0 Å². The molecular weight excluding hydrogens is 166 g/mol. The molecule has 1 rings (SSSR count). The number of hydrogen-bond acceptors (Lipinski definition) is 2. The van der Waals surface area contributed by atoms with Crippen LogP contribution in [0.1, 0.15) is 39.5 Å². The maximum Gasteiger partial charge on any atom is 0.410 e. The maximum atomic E-state index is 11.5. The standard InChI is InChI=1S/C10H19NO2/c1-3-9(4-2)13-10(12)11-7-5-6-8-11/h9H,3-8H2,1-2H3. The fourth-order valence-corrected chi connectivity index (χ4v) is 1.57. The second kappa shape index (κ2) is 5.10. The molecule has 1 heterocycles. The number of likely N-dealkylation sites (tertiary alicyclic amines) is 1. The SMILES string of the molecule is CCC(CC)OC(=O)N1CCCC1. The topological polar surface area (TPSA) is 29.5 Å². The van der Waals surface area contributed by atoms with Crippen molar-refractivity contribution in [1.82, 2.24) is 4.90 Å². The van der Waals surface area contributed by atoms with Crippen molar-refractivity contribution in [2.75, 3.05) is 13.1 Å². The lowest BCUT2D eigenvalue weighted by molar-refractivity contribution is 0.0650. The molecule has 0 aromatic carbocycles. The third-order valence-electron chi connectivity index (χ3n) is 2.54. The summed E-state index contributed by atoms with van der Waals surface area (Å²) in [5, 5.41) is 0. The Morgan fingerprint density at radius 2 is 1.85 bits per heavy atom. The first kappa shape index (κ1) is 10.4. The molecule has 3 nitrogen and oxygen atoms in total. The Kier molecular flexibility index (Phi) is 4.06. The quantitative estimate of drug-likeness (QED) is 0.675. The first-order valence-electron chi connectivity index (χ1n) is 5.23. The summed E-state index contributed by atoms with van der Waals surface area (Å²) >= 11 is 0. The molecule has 1 aliphatic heterocycles.